The molecule has 0 saturated carbocycles. The molecule has 2 aliphatic rings. The Labute approximate surface area is 188 Å². The van der Waals surface area contributed by atoms with Gasteiger partial charge in [-0.3, -0.25) is 15.1 Å². The van der Waals surface area contributed by atoms with Gasteiger partial charge in [0.1, 0.15) is 5.54 Å². The number of aliphatic imine (C=N–C) groups is 1. The van der Waals surface area contributed by atoms with Gasteiger partial charge in [-0.2, -0.15) is 0 Å². The Morgan fingerprint density at radius 1 is 1.38 bits per heavy atom. The summed E-state index contributed by atoms with van der Waals surface area (Å²) in [5.41, 5.74) is 1.14. The van der Waals surface area contributed by atoms with Crippen LogP contribution in [0.3, 0.4) is 0 Å². The highest BCUT2D eigenvalue weighted by Gasteiger charge is 2.48. The van der Waals surface area contributed by atoms with Crippen LogP contribution >= 0.6 is 24.0 Å². The molecule has 1 aromatic rings. The number of piperidine rings is 1. The van der Waals surface area contributed by atoms with Crippen molar-refractivity contribution in [3.63, 3.8) is 0 Å². The van der Waals surface area contributed by atoms with Gasteiger partial charge in [-0.1, -0.05) is 29.8 Å². The molecule has 8 nitrogen and oxygen atoms in total. The van der Waals surface area contributed by atoms with Gasteiger partial charge in [0.05, 0.1) is 6.10 Å². The summed E-state index contributed by atoms with van der Waals surface area (Å²) in [6.07, 6.45) is 0.918. The van der Waals surface area contributed by atoms with Crippen molar-refractivity contribution in [2.24, 2.45) is 10.9 Å². The van der Waals surface area contributed by atoms with E-state index in [-0.39, 0.29) is 35.8 Å². The third-order valence-corrected chi connectivity index (χ3v) is 5.78. The molecule has 0 radical (unpaired) electrons. The molecule has 0 aliphatic carbocycles. The number of carbonyl (C=O) groups excluding carboxylic acids is 2. The lowest BCUT2D eigenvalue weighted by Crippen LogP contribution is -2.55. The number of amides is 3. The molecule has 2 aliphatic heterocycles. The monoisotopic (exact) mass is 515 g/mol. The van der Waals surface area contributed by atoms with Gasteiger partial charge in [-0.25, -0.2) is 4.79 Å². The Kier molecular flexibility index (Phi) is 7.87. The maximum atomic E-state index is 12.1. The van der Waals surface area contributed by atoms with Crippen molar-refractivity contribution in [1.29, 1.82) is 0 Å². The molecule has 29 heavy (non-hydrogen) atoms. The largest absolute Gasteiger partial charge is 0.387 e. The number of aliphatic hydroxyl groups is 1. The van der Waals surface area contributed by atoms with E-state index in [0.29, 0.717) is 6.54 Å². The van der Waals surface area contributed by atoms with E-state index in [1.54, 1.807) is 14.0 Å². The SMILES string of the molecule is CN=C(NCC(O)c1cccc(C)c1)N1CCC(C2(C)NC(=O)NC2=O)CC1.I. The zero-order valence-corrected chi connectivity index (χ0v) is 19.4. The van der Waals surface area contributed by atoms with E-state index in [1.165, 1.54) is 0 Å². The maximum absolute atomic E-state index is 12.1. The molecule has 0 bridgehead atoms. The summed E-state index contributed by atoms with van der Waals surface area (Å²) in [6, 6.07) is 7.40. The third kappa shape index (κ3) is 5.19. The van der Waals surface area contributed by atoms with Crippen LogP contribution < -0.4 is 16.0 Å². The van der Waals surface area contributed by atoms with Crippen LogP contribution in [0.15, 0.2) is 29.3 Å². The first-order valence-electron chi connectivity index (χ1n) is 9.67. The normalized spacial score (nSPS) is 23.9. The number of imide groups is 1. The number of carbonyl (C=O) groups is 2. The number of benzene rings is 1. The van der Waals surface area contributed by atoms with Crippen LogP contribution in [0.25, 0.3) is 0 Å². The molecule has 2 atom stereocenters. The number of aliphatic hydroxyl groups excluding tert-OH is 1. The molecule has 2 unspecified atom stereocenters. The highest BCUT2D eigenvalue weighted by atomic mass is 127. The Morgan fingerprint density at radius 2 is 2.07 bits per heavy atom. The van der Waals surface area contributed by atoms with E-state index in [1.807, 2.05) is 31.2 Å². The van der Waals surface area contributed by atoms with Crippen LogP contribution in [0.1, 0.15) is 37.0 Å². The molecule has 2 saturated heterocycles. The first kappa shape index (κ1) is 23.4. The van der Waals surface area contributed by atoms with Crippen LogP contribution in [0.4, 0.5) is 4.79 Å². The van der Waals surface area contributed by atoms with Crippen LogP contribution in [0, 0.1) is 12.8 Å². The van der Waals surface area contributed by atoms with E-state index in [9.17, 15) is 14.7 Å². The minimum absolute atomic E-state index is 0. The minimum atomic E-state index is -0.846. The molecule has 9 heteroatoms. The third-order valence-electron chi connectivity index (χ3n) is 5.78. The molecule has 2 heterocycles. The van der Waals surface area contributed by atoms with Crippen molar-refractivity contribution in [2.75, 3.05) is 26.7 Å². The summed E-state index contributed by atoms with van der Waals surface area (Å²) in [7, 11) is 1.72. The number of likely N-dealkylation sites (tertiary alicyclic amines) is 1. The Hall–Kier alpha value is -1.88. The number of urea groups is 1. The molecule has 4 N–H and O–H groups in total. The Morgan fingerprint density at radius 3 is 2.62 bits per heavy atom. The van der Waals surface area contributed by atoms with Gasteiger partial charge >= 0.3 is 6.03 Å². The van der Waals surface area contributed by atoms with E-state index >= 15 is 0 Å². The summed E-state index contributed by atoms with van der Waals surface area (Å²) in [6.45, 7) is 5.61. The Balaban J connectivity index is 0.00000300. The summed E-state index contributed by atoms with van der Waals surface area (Å²) in [5.74, 6) is 0.557. The molecule has 3 rings (SSSR count). The predicted octanol–water partition coefficient (Wildman–Crippen LogP) is 1.53. The van der Waals surface area contributed by atoms with Gasteiger partial charge < -0.3 is 20.6 Å². The Bertz CT molecular complexity index is 779. The molecular formula is C20H30IN5O3. The summed E-state index contributed by atoms with van der Waals surface area (Å²) >= 11 is 0. The number of rotatable bonds is 4. The topological polar surface area (TPSA) is 106 Å². The summed E-state index contributed by atoms with van der Waals surface area (Å²) < 4.78 is 0. The van der Waals surface area contributed by atoms with E-state index in [4.69, 9.17) is 0 Å². The summed E-state index contributed by atoms with van der Waals surface area (Å²) in [4.78, 5) is 30.1. The molecule has 3 amide bonds. The molecule has 2 fully saturated rings. The van der Waals surface area contributed by atoms with E-state index in [0.717, 1.165) is 43.0 Å². The quantitative estimate of drug-likeness (QED) is 0.211. The van der Waals surface area contributed by atoms with Gasteiger partial charge in [-0.05, 0) is 38.2 Å². The number of aryl methyl sites for hydroxylation is 1. The zero-order chi connectivity index (χ0) is 20.3. The molecular weight excluding hydrogens is 485 g/mol. The zero-order valence-electron chi connectivity index (χ0n) is 17.1. The van der Waals surface area contributed by atoms with Crippen LogP contribution in [0.5, 0.6) is 0 Å². The van der Waals surface area contributed by atoms with E-state index in [2.05, 4.69) is 25.8 Å². The predicted molar refractivity (Wildman–Crippen MR) is 122 cm³/mol. The fourth-order valence-corrected chi connectivity index (χ4v) is 4.03. The minimum Gasteiger partial charge on any atom is -0.387 e. The van der Waals surface area contributed by atoms with Gasteiger partial charge in [0.15, 0.2) is 5.96 Å². The lowest BCUT2D eigenvalue weighted by molar-refractivity contribution is -0.125. The van der Waals surface area contributed by atoms with Crippen molar-refractivity contribution < 1.29 is 14.7 Å². The van der Waals surface area contributed by atoms with Crippen molar-refractivity contribution >= 4 is 41.9 Å². The van der Waals surface area contributed by atoms with Gasteiger partial charge in [0, 0.05) is 26.7 Å². The average Bonchev–Trinajstić information content (AvgIpc) is 2.95. The summed E-state index contributed by atoms with van der Waals surface area (Å²) in [5, 5.41) is 18.8. The second-order valence-corrected chi connectivity index (χ2v) is 7.73. The fourth-order valence-electron chi connectivity index (χ4n) is 4.03. The van der Waals surface area contributed by atoms with Crippen molar-refractivity contribution in [3.8, 4) is 0 Å². The first-order chi connectivity index (χ1) is 13.3. The smallest absolute Gasteiger partial charge is 0.322 e. The second kappa shape index (κ2) is 9.75. The average molecular weight is 515 g/mol. The van der Waals surface area contributed by atoms with Crippen molar-refractivity contribution in [2.45, 2.75) is 38.3 Å². The molecule has 160 valence electrons. The lowest BCUT2D eigenvalue weighted by Gasteiger charge is -2.39. The lowest BCUT2D eigenvalue weighted by atomic mass is 9.79. The molecule has 0 spiro atoms. The number of hydrogen-bond acceptors (Lipinski definition) is 4. The fraction of sp³-hybridized carbons (Fsp3) is 0.550. The van der Waals surface area contributed by atoms with Crippen LogP contribution in [-0.2, 0) is 4.79 Å². The van der Waals surface area contributed by atoms with E-state index < -0.39 is 17.7 Å². The number of hydrogen-bond donors (Lipinski definition) is 4. The highest BCUT2D eigenvalue weighted by Crippen LogP contribution is 2.30. The standard InChI is InChI=1S/C20H29N5O3.HI/c1-13-5-4-6-14(11-13)16(26)12-22-18(21-3)25-9-7-15(8-10-25)20(2)17(27)23-19(28)24-20;/h4-6,11,15-16,26H,7-10,12H2,1-3H3,(H,21,22)(H2,23,24,27,28);1H. The van der Waals surface area contributed by atoms with Gasteiger partial charge in [-0.15, -0.1) is 24.0 Å². The number of nitrogens with one attached hydrogen (secondary N) is 3. The maximum Gasteiger partial charge on any atom is 0.322 e. The first-order valence-corrected chi connectivity index (χ1v) is 9.67. The number of guanidine groups is 1. The van der Waals surface area contributed by atoms with Gasteiger partial charge in [0.2, 0.25) is 0 Å². The second-order valence-electron chi connectivity index (χ2n) is 7.73. The number of nitrogens with zero attached hydrogens (tertiary/aromatic N) is 2. The molecule has 0 aromatic heterocycles. The number of halogens is 1. The van der Waals surface area contributed by atoms with Crippen molar-refractivity contribution in [3.05, 3.63) is 35.4 Å². The highest BCUT2D eigenvalue weighted by molar-refractivity contribution is 14.0. The van der Waals surface area contributed by atoms with Crippen LogP contribution in [-0.4, -0.2) is 60.1 Å². The van der Waals surface area contributed by atoms with Crippen molar-refractivity contribution in [1.82, 2.24) is 20.9 Å². The van der Waals surface area contributed by atoms with Crippen LogP contribution in [0.2, 0.25) is 0 Å². The van der Waals surface area contributed by atoms with Gasteiger partial charge in [0.25, 0.3) is 5.91 Å². The molecule has 1 aromatic carbocycles.